The predicted molar refractivity (Wildman–Crippen MR) is 88.9 cm³/mol. The van der Waals surface area contributed by atoms with Gasteiger partial charge in [-0.2, -0.15) is 0 Å². The molecule has 0 bridgehead atoms. The third-order valence-corrected chi connectivity index (χ3v) is 5.76. The Balaban J connectivity index is 1.57. The molecule has 1 aromatic rings. The lowest BCUT2D eigenvalue weighted by atomic mass is 9.89. The van der Waals surface area contributed by atoms with E-state index < -0.39 is 0 Å². The zero-order valence-electron chi connectivity index (χ0n) is 13.8. The molecule has 0 spiro atoms. The second kappa shape index (κ2) is 6.11. The second-order valence-electron chi connectivity index (χ2n) is 7.14. The molecule has 0 amide bonds. The molecule has 1 atom stereocenters. The van der Waals surface area contributed by atoms with E-state index in [1.165, 1.54) is 24.2 Å². The van der Waals surface area contributed by atoms with Crippen LogP contribution in [0.25, 0.3) is 0 Å². The van der Waals surface area contributed by atoms with Crippen molar-refractivity contribution < 1.29 is 14.0 Å². The zero-order chi connectivity index (χ0) is 15.8. The van der Waals surface area contributed by atoms with Crippen molar-refractivity contribution in [1.82, 2.24) is 10.3 Å². The predicted octanol–water partition coefficient (Wildman–Crippen LogP) is 1.82. The third kappa shape index (κ3) is 3.32. The van der Waals surface area contributed by atoms with Gasteiger partial charge in [-0.15, -0.1) is 0 Å². The molecule has 0 aromatic carbocycles. The summed E-state index contributed by atoms with van der Waals surface area (Å²) in [5.41, 5.74) is -0.646. The molecule has 2 fully saturated rings. The molecule has 1 N–H and O–H groups in total. The van der Waals surface area contributed by atoms with Crippen LogP contribution in [0.3, 0.4) is 0 Å². The zero-order valence-corrected chi connectivity index (χ0v) is 14.7. The number of piperidine rings is 1. The summed E-state index contributed by atoms with van der Waals surface area (Å²) in [5, 5.41) is 4.11. The summed E-state index contributed by atoms with van der Waals surface area (Å²) in [6, 6.07) is 0. The number of hydrogen-bond donors (Lipinski definition) is 1. The van der Waals surface area contributed by atoms with Crippen LogP contribution < -0.4 is 14.8 Å². The first kappa shape index (κ1) is 16.2. The van der Waals surface area contributed by atoms with E-state index in [2.05, 4.69) is 38.0 Å². The lowest BCUT2D eigenvalue weighted by molar-refractivity contribution is 0.00578. The molecular weight excluding hydrogens is 299 g/mol. The largest absolute Gasteiger partial charge is 0.507 e. The van der Waals surface area contributed by atoms with Crippen molar-refractivity contribution in [1.29, 1.82) is 0 Å². The first-order valence-corrected chi connectivity index (χ1v) is 8.84. The van der Waals surface area contributed by atoms with Crippen LogP contribution in [-0.2, 0) is 9.31 Å². The summed E-state index contributed by atoms with van der Waals surface area (Å²) in [4.78, 5) is 4.36. The van der Waals surface area contributed by atoms with Gasteiger partial charge in [0.2, 0.25) is 0 Å². The highest BCUT2D eigenvalue weighted by molar-refractivity contribution is 7.23. The standard InChI is InChI=1S/C15H25BN2O3S/c1-14(2)15(3,4)21-16(20-14)12-9-18-13(22-12)19-10-11-6-5-7-17-8-11/h9,11,17H,5-8,10H2,1-4H3. The Morgan fingerprint density at radius 1 is 1.36 bits per heavy atom. The fourth-order valence-electron chi connectivity index (χ4n) is 2.66. The van der Waals surface area contributed by atoms with Gasteiger partial charge < -0.3 is 19.4 Å². The van der Waals surface area contributed by atoms with E-state index in [0.29, 0.717) is 11.1 Å². The van der Waals surface area contributed by atoms with Crippen LogP contribution in [0.5, 0.6) is 5.19 Å². The summed E-state index contributed by atoms with van der Waals surface area (Å²) in [6.07, 6.45) is 4.26. The van der Waals surface area contributed by atoms with E-state index >= 15 is 0 Å². The number of aromatic nitrogens is 1. The fourth-order valence-corrected chi connectivity index (χ4v) is 3.39. The third-order valence-electron chi connectivity index (χ3n) is 4.83. The number of nitrogens with one attached hydrogen (secondary N) is 1. The Morgan fingerprint density at radius 3 is 2.73 bits per heavy atom. The molecule has 3 rings (SSSR count). The molecule has 0 aliphatic carbocycles. The average Bonchev–Trinajstić information content (AvgIpc) is 3.01. The lowest BCUT2D eigenvalue weighted by Gasteiger charge is -2.32. The van der Waals surface area contributed by atoms with E-state index in [1.54, 1.807) is 6.20 Å². The molecule has 7 heteroatoms. The normalized spacial score (nSPS) is 27.1. The first-order chi connectivity index (χ1) is 10.4. The smallest absolute Gasteiger partial charge is 0.470 e. The maximum Gasteiger partial charge on any atom is 0.507 e. The Morgan fingerprint density at radius 2 is 2.09 bits per heavy atom. The fraction of sp³-hybridized carbons (Fsp3) is 0.800. The minimum atomic E-state index is -0.351. The molecular formula is C15H25BN2O3S. The van der Waals surface area contributed by atoms with Crippen molar-refractivity contribution in [2.75, 3.05) is 19.7 Å². The van der Waals surface area contributed by atoms with Crippen molar-refractivity contribution in [3.8, 4) is 5.19 Å². The van der Waals surface area contributed by atoms with Gasteiger partial charge in [0.25, 0.3) is 5.19 Å². The monoisotopic (exact) mass is 324 g/mol. The molecule has 2 aliphatic rings. The molecule has 5 nitrogen and oxygen atoms in total. The SMILES string of the molecule is CC1(C)OB(c2cnc(OCC3CCCNC3)s2)OC1(C)C. The Kier molecular flexibility index (Phi) is 4.51. The van der Waals surface area contributed by atoms with E-state index in [-0.39, 0.29) is 18.3 Å². The highest BCUT2D eigenvalue weighted by Crippen LogP contribution is 2.37. The van der Waals surface area contributed by atoms with Gasteiger partial charge in [0.1, 0.15) is 0 Å². The van der Waals surface area contributed by atoms with E-state index in [4.69, 9.17) is 14.0 Å². The van der Waals surface area contributed by atoms with Gasteiger partial charge in [0.05, 0.1) is 22.6 Å². The maximum absolute atomic E-state index is 6.04. The Bertz CT molecular complexity index is 499. The summed E-state index contributed by atoms with van der Waals surface area (Å²) < 4.78 is 18.9. The van der Waals surface area contributed by atoms with Crippen molar-refractivity contribution in [2.24, 2.45) is 5.92 Å². The number of thiazole rings is 1. The van der Waals surface area contributed by atoms with Gasteiger partial charge >= 0.3 is 7.12 Å². The van der Waals surface area contributed by atoms with Crippen molar-refractivity contribution in [3.05, 3.63) is 6.20 Å². The van der Waals surface area contributed by atoms with Gasteiger partial charge in [-0.25, -0.2) is 4.98 Å². The van der Waals surface area contributed by atoms with Crippen LogP contribution >= 0.6 is 11.3 Å². The highest BCUT2D eigenvalue weighted by Gasteiger charge is 2.52. The molecule has 22 heavy (non-hydrogen) atoms. The van der Waals surface area contributed by atoms with E-state index in [9.17, 15) is 0 Å². The number of nitrogens with zero attached hydrogens (tertiary/aromatic N) is 1. The molecule has 122 valence electrons. The topological polar surface area (TPSA) is 52.6 Å². The van der Waals surface area contributed by atoms with Crippen molar-refractivity contribution in [2.45, 2.75) is 51.7 Å². The van der Waals surface area contributed by atoms with Gasteiger partial charge in [0, 0.05) is 18.7 Å². The van der Waals surface area contributed by atoms with E-state index in [0.717, 1.165) is 24.5 Å². The Hall–Kier alpha value is -0.625. The molecule has 2 saturated heterocycles. The summed E-state index contributed by atoms with van der Waals surface area (Å²) in [7, 11) is -0.351. The minimum Gasteiger partial charge on any atom is -0.470 e. The molecule has 2 aliphatic heterocycles. The highest BCUT2D eigenvalue weighted by atomic mass is 32.1. The molecule has 0 radical (unpaired) electrons. The molecule has 3 heterocycles. The molecule has 0 saturated carbocycles. The van der Waals surface area contributed by atoms with E-state index in [1.807, 2.05) is 0 Å². The number of rotatable bonds is 4. The number of hydrogen-bond acceptors (Lipinski definition) is 6. The quantitative estimate of drug-likeness (QED) is 0.856. The molecule has 1 unspecified atom stereocenters. The first-order valence-electron chi connectivity index (χ1n) is 8.02. The molecule has 1 aromatic heterocycles. The van der Waals surface area contributed by atoms with Crippen LogP contribution in [0.4, 0.5) is 0 Å². The second-order valence-corrected chi connectivity index (χ2v) is 8.16. The summed E-state index contributed by atoms with van der Waals surface area (Å²) in [6.45, 7) is 11.1. The van der Waals surface area contributed by atoms with Gasteiger partial charge in [-0.1, -0.05) is 11.3 Å². The maximum atomic E-state index is 6.04. The van der Waals surface area contributed by atoms with Crippen molar-refractivity contribution in [3.63, 3.8) is 0 Å². The van der Waals surface area contributed by atoms with Crippen LogP contribution in [0.1, 0.15) is 40.5 Å². The van der Waals surface area contributed by atoms with Crippen LogP contribution in [0, 0.1) is 5.92 Å². The minimum absolute atomic E-state index is 0.323. The van der Waals surface area contributed by atoms with Gasteiger partial charge in [-0.3, -0.25) is 0 Å². The van der Waals surface area contributed by atoms with Crippen LogP contribution in [0.15, 0.2) is 6.20 Å². The summed E-state index contributed by atoms with van der Waals surface area (Å²) >= 11 is 1.52. The van der Waals surface area contributed by atoms with Gasteiger partial charge in [-0.05, 0) is 47.1 Å². The lowest BCUT2D eigenvalue weighted by Crippen LogP contribution is -2.41. The van der Waals surface area contributed by atoms with Crippen LogP contribution in [0.2, 0.25) is 0 Å². The summed E-state index contributed by atoms with van der Waals surface area (Å²) in [5.74, 6) is 0.581. The van der Waals surface area contributed by atoms with Gasteiger partial charge in [0.15, 0.2) is 0 Å². The number of ether oxygens (including phenoxy) is 1. The van der Waals surface area contributed by atoms with Crippen molar-refractivity contribution >= 4 is 23.2 Å². The van der Waals surface area contributed by atoms with Crippen LogP contribution in [-0.4, -0.2) is 43.0 Å². The average molecular weight is 324 g/mol. The Labute approximate surface area is 136 Å².